The molecule has 12 heteroatoms. The van der Waals surface area contributed by atoms with Gasteiger partial charge < -0.3 is 25.1 Å². The first-order chi connectivity index (χ1) is 20.1. The van der Waals surface area contributed by atoms with E-state index in [1.807, 2.05) is 25.1 Å². The summed E-state index contributed by atoms with van der Waals surface area (Å²) in [7, 11) is 1.59. The molecule has 0 radical (unpaired) electrons. The molecule has 2 aromatic carbocycles. The van der Waals surface area contributed by atoms with E-state index in [1.165, 1.54) is 9.58 Å². The van der Waals surface area contributed by atoms with Crippen molar-refractivity contribution < 1.29 is 32.2 Å². The van der Waals surface area contributed by atoms with Crippen LogP contribution in [-0.4, -0.2) is 53.2 Å². The van der Waals surface area contributed by atoms with Gasteiger partial charge in [0.05, 0.1) is 12.1 Å². The van der Waals surface area contributed by atoms with Gasteiger partial charge in [-0.3, -0.25) is 19.1 Å². The zero-order chi connectivity index (χ0) is 30.0. The summed E-state index contributed by atoms with van der Waals surface area (Å²) in [6, 6.07) is 9.57. The topological polar surface area (TPSA) is 102 Å². The Kier molecular flexibility index (Phi) is 8.08. The number of pyridine rings is 1. The number of carbonyl (C=O) groups excluding carboxylic acids is 2. The Morgan fingerprint density at radius 2 is 1.88 bits per heavy atom. The number of likely N-dealkylation sites (N-methyl/N-ethyl adjacent to an activating group) is 1. The summed E-state index contributed by atoms with van der Waals surface area (Å²) in [5, 5.41) is 2.32. The molecule has 3 aromatic rings. The maximum Gasteiger partial charge on any atom is 0.276 e. The van der Waals surface area contributed by atoms with E-state index in [0.29, 0.717) is 30.7 Å². The van der Waals surface area contributed by atoms with Crippen LogP contribution in [0, 0.1) is 17.5 Å². The van der Waals surface area contributed by atoms with Crippen LogP contribution in [0.1, 0.15) is 45.3 Å². The Labute approximate surface area is 239 Å². The zero-order valence-corrected chi connectivity index (χ0v) is 23.0. The summed E-state index contributed by atoms with van der Waals surface area (Å²) < 4.78 is 54.6. The lowest BCUT2D eigenvalue weighted by Crippen LogP contribution is -2.45. The Hall–Kier alpha value is -4.58. The van der Waals surface area contributed by atoms with Crippen molar-refractivity contribution in [3.8, 4) is 5.75 Å². The summed E-state index contributed by atoms with van der Waals surface area (Å²) in [4.78, 5) is 42.3. The van der Waals surface area contributed by atoms with Crippen LogP contribution in [0.25, 0.3) is 0 Å². The van der Waals surface area contributed by atoms with Crippen molar-refractivity contribution in [1.82, 2.24) is 14.9 Å². The van der Waals surface area contributed by atoms with Crippen LogP contribution in [0.15, 0.2) is 65.6 Å². The number of benzene rings is 2. The highest BCUT2D eigenvalue weighted by Crippen LogP contribution is 2.27. The molecule has 2 aliphatic heterocycles. The summed E-state index contributed by atoms with van der Waals surface area (Å²) in [5.41, 5.74) is 1.13. The van der Waals surface area contributed by atoms with Gasteiger partial charge in [-0.2, -0.15) is 0 Å². The summed E-state index contributed by atoms with van der Waals surface area (Å²) in [6.07, 6.45) is 5.44. The Balaban J connectivity index is 1.60. The fraction of sp³-hybridized carbons (Fsp3) is 0.300. The van der Waals surface area contributed by atoms with Gasteiger partial charge in [0.2, 0.25) is 5.43 Å². The van der Waals surface area contributed by atoms with Crippen molar-refractivity contribution in [3.63, 3.8) is 0 Å². The minimum Gasteiger partial charge on any atom is -0.482 e. The van der Waals surface area contributed by atoms with Crippen molar-refractivity contribution in [2.24, 2.45) is 0 Å². The second-order valence-electron chi connectivity index (χ2n) is 10.3. The van der Waals surface area contributed by atoms with Crippen LogP contribution in [0.4, 0.5) is 13.2 Å². The SMILES string of the molecule is C[C@H]1/C=C\C2(CCOC2)Nn2cc(C(=O)NCc3c(F)cc(F)cc3F)c(=O)c(OCc3ccccc3)c2C(=O)N1C. The number of carbonyl (C=O) groups is 2. The molecular formula is C30H29F3N4O5. The molecule has 2 atom stereocenters. The first-order valence-electron chi connectivity index (χ1n) is 13.3. The van der Waals surface area contributed by atoms with E-state index in [1.54, 1.807) is 31.3 Å². The number of nitrogens with one attached hydrogen (secondary N) is 2. The van der Waals surface area contributed by atoms with Crippen LogP contribution in [0.3, 0.4) is 0 Å². The average molecular weight is 583 g/mol. The second kappa shape index (κ2) is 11.7. The molecule has 5 rings (SSSR count). The average Bonchev–Trinajstić information content (AvgIpc) is 3.43. The summed E-state index contributed by atoms with van der Waals surface area (Å²) in [5.74, 6) is -5.39. The number of hydrogen-bond acceptors (Lipinski definition) is 6. The van der Waals surface area contributed by atoms with Gasteiger partial charge in [-0.05, 0) is 12.5 Å². The lowest BCUT2D eigenvalue weighted by Gasteiger charge is -2.30. The number of fused-ring (bicyclic) bond motifs is 1. The third kappa shape index (κ3) is 5.75. The van der Waals surface area contributed by atoms with E-state index in [2.05, 4.69) is 10.7 Å². The number of aromatic nitrogens is 1. The van der Waals surface area contributed by atoms with Gasteiger partial charge in [-0.15, -0.1) is 0 Å². The fourth-order valence-electron chi connectivity index (χ4n) is 4.79. The zero-order valence-electron chi connectivity index (χ0n) is 23.0. The van der Waals surface area contributed by atoms with Crippen LogP contribution in [-0.2, 0) is 17.9 Å². The fourth-order valence-corrected chi connectivity index (χ4v) is 4.79. The summed E-state index contributed by atoms with van der Waals surface area (Å²) in [6.45, 7) is 1.77. The van der Waals surface area contributed by atoms with E-state index in [0.717, 1.165) is 6.20 Å². The minimum atomic E-state index is -1.19. The van der Waals surface area contributed by atoms with Crippen LogP contribution in [0.5, 0.6) is 5.75 Å². The van der Waals surface area contributed by atoms with Gasteiger partial charge in [0, 0.05) is 56.6 Å². The molecular weight excluding hydrogens is 553 g/mol. The van der Waals surface area contributed by atoms with E-state index in [4.69, 9.17) is 9.47 Å². The van der Waals surface area contributed by atoms with Gasteiger partial charge in [0.15, 0.2) is 11.4 Å². The molecule has 1 unspecified atom stereocenters. The first kappa shape index (κ1) is 28.9. The van der Waals surface area contributed by atoms with Crippen LogP contribution in [0.2, 0.25) is 0 Å². The van der Waals surface area contributed by atoms with Crippen molar-refractivity contribution in [2.45, 2.75) is 38.1 Å². The molecule has 0 bridgehead atoms. The standard InChI is InChI=1S/C30H29F3N4O5/c1-18-8-9-30(10-11-41-17-30)35-37-15-22(28(39)34-14-21-23(32)12-20(31)13-24(21)33)26(38)27(25(37)29(40)36(18)2)42-16-19-6-4-3-5-7-19/h3-9,12-13,15,18,35H,10-11,14,16-17H2,1-2H3,(H,34,39)/b9-8-/t18-,30?/m0/s1. The monoisotopic (exact) mass is 582 g/mol. The smallest absolute Gasteiger partial charge is 0.276 e. The van der Waals surface area contributed by atoms with Gasteiger partial charge in [-0.25, -0.2) is 13.2 Å². The molecule has 0 aliphatic carbocycles. The predicted molar refractivity (Wildman–Crippen MR) is 147 cm³/mol. The van der Waals surface area contributed by atoms with Gasteiger partial charge in [-0.1, -0.05) is 42.5 Å². The van der Waals surface area contributed by atoms with Crippen molar-refractivity contribution in [3.05, 3.63) is 111 Å². The normalized spacial score (nSPS) is 20.7. The highest BCUT2D eigenvalue weighted by Gasteiger charge is 2.37. The molecule has 42 heavy (non-hydrogen) atoms. The number of hydrogen-bond donors (Lipinski definition) is 2. The maximum absolute atomic E-state index is 14.2. The Bertz CT molecular complexity index is 1580. The van der Waals surface area contributed by atoms with Gasteiger partial charge >= 0.3 is 0 Å². The third-order valence-corrected chi connectivity index (χ3v) is 7.39. The molecule has 9 nitrogen and oxygen atoms in total. The van der Waals surface area contributed by atoms with Crippen LogP contribution < -0.4 is 20.9 Å². The maximum atomic E-state index is 14.2. The van der Waals surface area contributed by atoms with Crippen molar-refractivity contribution in [1.29, 1.82) is 0 Å². The highest BCUT2D eigenvalue weighted by molar-refractivity contribution is 5.99. The van der Waals surface area contributed by atoms with Crippen molar-refractivity contribution >= 4 is 11.8 Å². The molecule has 1 fully saturated rings. The number of rotatable bonds is 6. The number of nitrogens with zero attached hydrogens (tertiary/aromatic N) is 2. The molecule has 220 valence electrons. The first-order valence-corrected chi connectivity index (χ1v) is 13.3. The molecule has 3 heterocycles. The lowest BCUT2D eigenvalue weighted by atomic mass is 9.98. The lowest BCUT2D eigenvalue weighted by molar-refractivity contribution is 0.0752. The van der Waals surface area contributed by atoms with Gasteiger partial charge in [0.1, 0.15) is 29.6 Å². The quantitative estimate of drug-likeness (QED) is 0.432. The molecule has 2 aliphatic rings. The highest BCUT2D eigenvalue weighted by atomic mass is 19.1. The largest absolute Gasteiger partial charge is 0.482 e. The van der Waals surface area contributed by atoms with E-state index >= 15 is 0 Å². The van der Waals surface area contributed by atoms with Crippen molar-refractivity contribution in [2.75, 3.05) is 25.7 Å². The van der Waals surface area contributed by atoms with E-state index in [-0.39, 0.29) is 30.7 Å². The predicted octanol–water partition coefficient (Wildman–Crippen LogP) is 3.51. The molecule has 2 amide bonds. The minimum absolute atomic E-state index is 0.0841. The number of amides is 2. The summed E-state index contributed by atoms with van der Waals surface area (Å²) >= 11 is 0. The Morgan fingerprint density at radius 1 is 1.17 bits per heavy atom. The molecule has 1 spiro atoms. The van der Waals surface area contributed by atoms with Gasteiger partial charge in [0.25, 0.3) is 11.8 Å². The number of halogens is 3. The van der Waals surface area contributed by atoms with Crippen LogP contribution >= 0.6 is 0 Å². The Morgan fingerprint density at radius 3 is 2.55 bits per heavy atom. The second-order valence-corrected chi connectivity index (χ2v) is 10.3. The van der Waals surface area contributed by atoms with E-state index < -0.39 is 57.9 Å². The molecule has 2 N–H and O–H groups in total. The molecule has 0 saturated carbocycles. The molecule has 1 aromatic heterocycles. The third-order valence-electron chi connectivity index (χ3n) is 7.39. The molecule has 1 saturated heterocycles. The number of ether oxygens (including phenoxy) is 2. The van der Waals surface area contributed by atoms with E-state index in [9.17, 15) is 27.6 Å².